The molecule has 8 heteroatoms. The van der Waals surface area contributed by atoms with Gasteiger partial charge in [0.25, 0.3) is 0 Å². The van der Waals surface area contributed by atoms with Gasteiger partial charge >= 0.3 is 12.0 Å². The van der Waals surface area contributed by atoms with Crippen LogP contribution in [-0.2, 0) is 4.79 Å². The lowest BCUT2D eigenvalue weighted by molar-refractivity contribution is -0.149. The molecule has 24 heavy (non-hydrogen) atoms. The molecule has 1 aromatic rings. The quantitative estimate of drug-likeness (QED) is 0.887. The van der Waals surface area contributed by atoms with Crippen LogP contribution in [0.1, 0.15) is 19.3 Å². The lowest BCUT2D eigenvalue weighted by Crippen LogP contribution is -2.38. The fraction of sp³-hybridized carbons (Fsp3) is 0.500. The summed E-state index contributed by atoms with van der Waals surface area (Å²) in [5, 5.41) is 11.9. The van der Waals surface area contributed by atoms with E-state index in [9.17, 15) is 23.5 Å². The number of likely N-dealkylation sites (tertiary alicyclic amines) is 1. The second kappa shape index (κ2) is 5.92. The average molecular weight is 340 g/mol. The highest BCUT2D eigenvalue weighted by Gasteiger charge is 2.55. The number of carbonyl (C=O) groups is 2. The molecule has 0 radical (unpaired) electrons. The first-order chi connectivity index (χ1) is 11.4. The fourth-order valence-electron chi connectivity index (χ4n) is 3.82. The Morgan fingerprint density at radius 3 is 2.58 bits per heavy atom. The molecule has 1 saturated heterocycles. The number of hydrogen-bond acceptors (Lipinski definition) is 3. The van der Waals surface area contributed by atoms with E-state index in [0.717, 1.165) is 32.1 Å². The lowest BCUT2D eigenvalue weighted by Gasteiger charge is -2.23. The summed E-state index contributed by atoms with van der Waals surface area (Å²) in [6.07, 6.45) is 2.14. The van der Waals surface area contributed by atoms with Crippen molar-refractivity contribution in [2.24, 2.45) is 11.3 Å². The van der Waals surface area contributed by atoms with Gasteiger partial charge in [0.15, 0.2) is 17.4 Å². The number of amides is 2. The predicted molar refractivity (Wildman–Crippen MR) is 80.9 cm³/mol. The molecule has 1 aliphatic carbocycles. The Balaban J connectivity index is 1.74. The Bertz CT molecular complexity index is 674. The molecule has 2 atom stereocenters. The van der Waals surface area contributed by atoms with Crippen LogP contribution in [0.5, 0.6) is 5.75 Å². The topological polar surface area (TPSA) is 78.9 Å². The normalized spacial score (nSPS) is 25.5. The summed E-state index contributed by atoms with van der Waals surface area (Å²) in [7, 11) is 1.15. The van der Waals surface area contributed by atoms with Crippen LogP contribution >= 0.6 is 0 Å². The van der Waals surface area contributed by atoms with Gasteiger partial charge in [-0.1, -0.05) is 6.42 Å². The maximum absolute atomic E-state index is 13.7. The summed E-state index contributed by atoms with van der Waals surface area (Å²) >= 11 is 0. The molecule has 2 N–H and O–H groups in total. The summed E-state index contributed by atoms with van der Waals surface area (Å²) in [5.74, 6) is -3.33. The summed E-state index contributed by atoms with van der Waals surface area (Å²) in [5.41, 5.74) is -0.939. The number of rotatable bonds is 3. The number of carbonyl (C=O) groups excluding carboxylic acids is 1. The van der Waals surface area contributed by atoms with Crippen LogP contribution in [0.4, 0.5) is 19.3 Å². The number of anilines is 1. The average Bonchev–Trinajstić information content (AvgIpc) is 3.04. The molecule has 1 saturated carbocycles. The maximum atomic E-state index is 13.7. The first kappa shape index (κ1) is 16.5. The van der Waals surface area contributed by atoms with Crippen molar-refractivity contribution in [3.05, 3.63) is 23.8 Å². The Hall–Kier alpha value is -2.38. The first-order valence-electron chi connectivity index (χ1n) is 7.70. The van der Waals surface area contributed by atoms with Crippen molar-refractivity contribution >= 4 is 17.7 Å². The van der Waals surface area contributed by atoms with E-state index in [1.165, 1.54) is 4.90 Å². The fourth-order valence-corrected chi connectivity index (χ4v) is 3.82. The largest absolute Gasteiger partial charge is 0.491 e. The Kier molecular flexibility index (Phi) is 4.06. The number of benzene rings is 1. The Labute approximate surface area is 137 Å². The highest BCUT2D eigenvalue weighted by Crippen LogP contribution is 2.48. The van der Waals surface area contributed by atoms with Gasteiger partial charge in [-0.25, -0.2) is 13.6 Å². The number of methoxy groups -OCH3 is 1. The van der Waals surface area contributed by atoms with Crippen LogP contribution in [0, 0.1) is 23.0 Å². The van der Waals surface area contributed by atoms with Crippen LogP contribution in [0.2, 0.25) is 0 Å². The molecular formula is C16H18F2N2O4. The second-order valence-corrected chi connectivity index (χ2v) is 6.33. The zero-order chi connectivity index (χ0) is 17.5. The smallest absolute Gasteiger partial charge is 0.321 e. The van der Waals surface area contributed by atoms with Gasteiger partial charge in [-0.05, 0) is 18.8 Å². The van der Waals surface area contributed by atoms with Crippen molar-refractivity contribution in [2.45, 2.75) is 19.3 Å². The number of nitrogens with zero attached hydrogens (tertiary/aromatic N) is 1. The van der Waals surface area contributed by atoms with Crippen molar-refractivity contribution in [3.63, 3.8) is 0 Å². The molecule has 3 rings (SSSR count). The molecule has 0 aromatic heterocycles. The van der Waals surface area contributed by atoms with Crippen LogP contribution in [0.25, 0.3) is 0 Å². The number of fused-ring (bicyclic) bond motifs is 1. The molecule has 0 unspecified atom stereocenters. The molecule has 6 nitrogen and oxygen atoms in total. The Morgan fingerprint density at radius 2 is 2.04 bits per heavy atom. The third kappa shape index (κ3) is 2.55. The van der Waals surface area contributed by atoms with Crippen molar-refractivity contribution in [3.8, 4) is 5.75 Å². The zero-order valence-electron chi connectivity index (χ0n) is 13.1. The van der Waals surface area contributed by atoms with E-state index in [0.29, 0.717) is 13.0 Å². The second-order valence-electron chi connectivity index (χ2n) is 6.33. The molecule has 0 bridgehead atoms. The van der Waals surface area contributed by atoms with Crippen LogP contribution in [0.15, 0.2) is 12.1 Å². The number of ether oxygens (including phenoxy) is 1. The Morgan fingerprint density at radius 1 is 1.38 bits per heavy atom. The number of hydrogen-bond donors (Lipinski definition) is 2. The molecule has 1 aliphatic heterocycles. The van der Waals surface area contributed by atoms with Crippen molar-refractivity contribution in [1.82, 2.24) is 4.90 Å². The van der Waals surface area contributed by atoms with Crippen LogP contribution in [0.3, 0.4) is 0 Å². The third-order valence-electron chi connectivity index (χ3n) is 5.04. The lowest BCUT2D eigenvalue weighted by atomic mass is 9.81. The monoisotopic (exact) mass is 340 g/mol. The van der Waals surface area contributed by atoms with Gasteiger partial charge in [0.05, 0.1) is 12.5 Å². The number of nitrogens with one attached hydrogen (secondary N) is 1. The number of halogens is 2. The third-order valence-corrected chi connectivity index (χ3v) is 5.04. The van der Waals surface area contributed by atoms with E-state index in [2.05, 4.69) is 10.1 Å². The van der Waals surface area contributed by atoms with E-state index in [4.69, 9.17) is 0 Å². The van der Waals surface area contributed by atoms with E-state index in [-0.39, 0.29) is 18.2 Å². The van der Waals surface area contributed by atoms with E-state index in [1.54, 1.807) is 0 Å². The summed E-state index contributed by atoms with van der Waals surface area (Å²) < 4.78 is 32.0. The number of urea groups is 1. The summed E-state index contributed by atoms with van der Waals surface area (Å²) in [6.45, 7) is 0.444. The molecule has 1 aromatic carbocycles. The molecule has 2 amide bonds. The molecule has 2 aliphatic rings. The van der Waals surface area contributed by atoms with Gasteiger partial charge in [0.2, 0.25) is 0 Å². The van der Waals surface area contributed by atoms with Gasteiger partial charge in [-0.15, -0.1) is 0 Å². The van der Waals surface area contributed by atoms with E-state index in [1.807, 2.05) is 0 Å². The van der Waals surface area contributed by atoms with Crippen LogP contribution < -0.4 is 10.1 Å². The van der Waals surface area contributed by atoms with Gasteiger partial charge in [-0.3, -0.25) is 4.79 Å². The zero-order valence-corrected chi connectivity index (χ0v) is 13.1. The number of carboxylic acid groups (broad SMARTS) is 1. The highest BCUT2D eigenvalue weighted by atomic mass is 19.1. The van der Waals surface area contributed by atoms with Gasteiger partial charge < -0.3 is 20.1 Å². The minimum absolute atomic E-state index is 0.0442. The first-order valence-corrected chi connectivity index (χ1v) is 7.70. The molecule has 130 valence electrons. The summed E-state index contributed by atoms with van der Waals surface area (Å²) in [4.78, 5) is 25.4. The summed E-state index contributed by atoms with van der Waals surface area (Å²) in [6, 6.07) is 1.36. The van der Waals surface area contributed by atoms with Gasteiger partial charge in [-0.2, -0.15) is 0 Å². The molecule has 0 spiro atoms. The minimum Gasteiger partial charge on any atom is -0.491 e. The number of carboxylic acids is 1. The predicted octanol–water partition coefficient (Wildman–Crippen LogP) is 2.69. The SMILES string of the molecule is COc1c(F)cc(NC(=O)N2C[C@@H]3CCC[C@@]3(C(=O)O)C2)cc1F. The minimum atomic E-state index is -0.923. The van der Waals surface area contributed by atoms with E-state index < -0.39 is 34.8 Å². The van der Waals surface area contributed by atoms with Crippen molar-refractivity contribution in [1.29, 1.82) is 0 Å². The van der Waals surface area contributed by atoms with Gasteiger partial charge in [0.1, 0.15) is 0 Å². The standard InChI is InChI=1S/C16H18F2N2O4/c1-24-13-11(17)5-10(6-12(13)18)19-15(23)20-7-9-3-2-4-16(9,8-20)14(21)22/h5-6,9H,2-4,7-8H2,1H3,(H,19,23)(H,21,22)/t9-,16+/m0/s1. The highest BCUT2D eigenvalue weighted by molar-refractivity contribution is 5.90. The van der Waals surface area contributed by atoms with Gasteiger partial charge in [0, 0.05) is 30.9 Å². The molecular weight excluding hydrogens is 322 g/mol. The molecule has 1 heterocycles. The van der Waals surface area contributed by atoms with Crippen molar-refractivity contribution in [2.75, 3.05) is 25.5 Å². The van der Waals surface area contributed by atoms with Crippen molar-refractivity contribution < 1.29 is 28.2 Å². The number of aliphatic carboxylic acids is 1. The van der Waals surface area contributed by atoms with Crippen LogP contribution in [-0.4, -0.2) is 42.2 Å². The van der Waals surface area contributed by atoms with E-state index >= 15 is 0 Å². The maximum Gasteiger partial charge on any atom is 0.321 e. The molecule has 2 fully saturated rings.